The molecule has 8 nitrogen and oxygen atoms in total. The molecule has 0 unspecified atom stereocenters. The summed E-state index contributed by atoms with van der Waals surface area (Å²) in [6, 6.07) is 17.3. The number of fused-ring (bicyclic) bond motifs is 1. The maximum Gasteiger partial charge on any atom is 0.255 e. The second-order valence-corrected chi connectivity index (χ2v) is 8.15. The molecule has 1 saturated heterocycles. The minimum absolute atomic E-state index is 0.0573. The van der Waals surface area contributed by atoms with Crippen LogP contribution in [0.2, 0.25) is 0 Å². The van der Waals surface area contributed by atoms with Crippen molar-refractivity contribution < 1.29 is 4.79 Å². The molecule has 5 rings (SSSR count). The molecule has 1 atom stereocenters. The molecule has 3 aromatic heterocycles. The summed E-state index contributed by atoms with van der Waals surface area (Å²) in [5.41, 5.74) is 3.27. The lowest BCUT2D eigenvalue weighted by molar-refractivity contribution is 0.0789. The Morgan fingerprint density at radius 2 is 2.00 bits per heavy atom. The zero-order valence-electron chi connectivity index (χ0n) is 17.8. The smallest absolute Gasteiger partial charge is 0.255 e. The van der Waals surface area contributed by atoms with Gasteiger partial charge in [-0.2, -0.15) is 5.10 Å². The van der Waals surface area contributed by atoms with Gasteiger partial charge in [0.2, 0.25) is 5.56 Å². The summed E-state index contributed by atoms with van der Waals surface area (Å²) >= 11 is 0. The van der Waals surface area contributed by atoms with Gasteiger partial charge in [-0.25, -0.2) is 4.98 Å². The second-order valence-electron chi connectivity index (χ2n) is 8.15. The van der Waals surface area contributed by atoms with Crippen LogP contribution in [0.15, 0.2) is 65.6 Å². The number of likely N-dealkylation sites (tertiary alicyclic amines) is 1. The normalized spacial score (nSPS) is 15.9. The third-order valence-corrected chi connectivity index (χ3v) is 5.97. The molecule has 1 fully saturated rings. The number of hydrogen-bond donors (Lipinski definition) is 2. The third kappa shape index (κ3) is 3.87. The molecule has 32 heavy (non-hydrogen) atoms. The van der Waals surface area contributed by atoms with Gasteiger partial charge < -0.3 is 14.8 Å². The van der Waals surface area contributed by atoms with Crippen LogP contribution in [0.25, 0.3) is 11.0 Å². The molecule has 2 N–H and O–H groups in total. The molecule has 4 heterocycles. The summed E-state index contributed by atoms with van der Waals surface area (Å²) in [6.07, 6.45) is 2.44. The van der Waals surface area contributed by atoms with Crippen LogP contribution in [0.4, 0.5) is 5.82 Å². The number of rotatable bonds is 5. The zero-order valence-corrected chi connectivity index (χ0v) is 17.8. The van der Waals surface area contributed by atoms with E-state index >= 15 is 0 Å². The number of aromatic amines is 1. The van der Waals surface area contributed by atoms with Crippen molar-refractivity contribution in [2.45, 2.75) is 18.9 Å². The molecule has 4 aromatic rings. The maximum atomic E-state index is 12.9. The zero-order chi connectivity index (χ0) is 22.1. The van der Waals surface area contributed by atoms with Crippen LogP contribution in [0.5, 0.6) is 0 Å². The number of nitrogens with one attached hydrogen (secondary N) is 2. The second kappa shape index (κ2) is 8.30. The Kier molecular flexibility index (Phi) is 5.18. The number of benzene rings is 1. The van der Waals surface area contributed by atoms with Gasteiger partial charge in [-0.05, 0) is 30.2 Å². The van der Waals surface area contributed by atoms with E-state index in [0.717, 1.165) is 29.0 Å². The Morgan fingerprint density at radius 1 is 1.16 bits per heavy atom. The van der Waals surface area contributed by atoms with E-state index in [-0.39, 0.29) is 17.4 Å². The predicted molar refractivity (Wildman–Crippen MR) is 123 cm³/mol. The van der Waals surface area contributed by atoms with Gasteiger partial charge in [-0.3, -0.25) is 14.7 Å². The molecular weight excluding hydrogens is 404 g/mol. The van der Waals surface area contributed by atoms with Crippen LogP contribution < -0.4 is 10.9 Å². The van der Waals surface area contributed by atoms with Crippen LogP contribution >= 0.6 is 0 Å². The van der Waals surface area contributed by atoms with Gasteiger partial charge in [-0.15, -0.1) is 0 Å². The predicted octanol–water partition coefficient (Wildman–Crippen LogP) is 2.90. The average Bonchev–Trinajstić information content (AvgIpc) is 3.47. The molecule has 1 amide bonds. The van der Waals surface area contributed by atoms with Gasteiger partial charge in [0.05, 0.1) is 10.9 Å². The van der Waals surface area contributed by atoms with Crippen molar-refractivity contribution in [2.24, 2.45) is 7.05 Å². The van der Waals surface area contributed by atoms with Gasteiger partial charge in [0.1, 0.15) is 0 Å². The van der Waals surface area contributed by atoms with Crippen molar-refractivity contribution in [3.8, 4) is 0 Å². The third-order valence-electron chi connectivity index (χ3n) is 5.97. The Hall–Kier alpha value is -3.94. The van der Waals surface area contributed by atoms with Gasteiger partial charge in [0, 0.05) is 50.6 Å². The summed E-state index contributed by atoms with van der Waals surface area (Å²) < 4.78 is 1.43. The Labute approximate surface area is 184 Å². The number of H-pyrrole nitrogens is 1. The van der Waals surface area contributed by atoms with Crippen molar-refractivity contribution in [1.82, 2.24) is 24.6 Å². The minimum atomic E-state index is -0.129. The number of hydrogen-bond acceptors (Lipinski definition) is 5. The average molecular weight is 428 g/mol. The molecule has 0 saturated carbocycles. The lowest BCUT2D eigenvalue weighted by atomic mass is 10.0. The topological polar surface area (TPSA) is 95.9 Å². The fourth-order valence-electron chi connectivity index (χ4n) is 4.15. The molecular formula is C24H24N6O2. The van der Waals surface area contributed by atoms with Crippen LogP contribution in [0.3, 0.4) is 0 Å². The summed E-state index contributed by atoms with van der Waals surface area (Å²) in [5, 5.41) is 11.7. The standard InChI is InChI=1S/C24H24N6O2/c1-29-14-18(7-10-21(29)31)24(32)30-12-11-17(15-30)20-9-8-19-22(27-28-23(19)26-20)25-13-16-5-3-2-4-6-16/h2-10,14,17H,11-13,15H2,1H3,(H2,25,26,27,28)/t17-/m0/s1. The van der Waals surface area contributed by atoms with Gasteiger partial charge in [0.25, 0.3) is 5.91 Å². The number of amides is 1. The maximum absolute atomic E-state index is 12.9. The van der Waals surface area contributed by atoms with E-state index in [1.807, 2.05) is 35.2 Å². The van der Waals surface area contributed by atoms with Crippen molar-refractivity contribution in [3.05, 3.63) is 88.0 Å². The number of aryl methyl sites for hydroxylation is 1. The van der Waals surface area contributed by atoms with Crippen molar-refractivity contribution in [3.63, 3.8) is 0 Å². The molecule has 1 aliphatic rings. The molecule has 0 radical (unpaired) electrons. The largest absolute Gasteiger partial charge is 0.364 e. The van der Waals surface area contributed by atoms with Crippen LogP contribution in [0.1, 0.15) is 34.0 Å². The highest BCUT2D eigenvalue weighted by molar-refractivity contribution is 5.94. The Bertz CT molecular complexity index is 1330. The lowest BCUT2D eigenvalue weighted by Gasteiger charge is -2.17. The monoisotopic (exact) mass is 428 g/mol. The van der Waals surface area contributed by atoms with Crippen molar-refractivity contribution >= 4 is 22.8 Å². The van der Waals surface area contributed by atoms with E-state index in [0.29, 0.717) is 25.2 Å². The number of aromatic nitrogens is 4. The highest BCUT2D eigenvalue weighted by atomic mass is 16.2. The number of carbonyl (C=O) groups excluding carboxylic acids is 1. The lowest BCUT2D eigenvalue weighted by Crippen LogP contribution is -2.30. The first-order valence-corrected chi connectivity index (χ1v) is 10.7. The van der Waals surface area contributed by atoms with E-state index in [1.165, 1.54) is 16.2 Å². The van der Waals surface area contributed by atoms with Gasteiger partial charge in [-0.1, -0.05) is 30.3 Å². The Morgan fingerprint density at radius 3 is 2.81 bits per heavy atom. The first-order chi connectivity index (χ1) is 15.6. The highest BCUT2D eigenvalue weighted by Crippen LogP contribution is 2.29. The summed E-state index contributed by atoms with van der Waals surface area (Å²) in [7, 11) is 1.65. The molecule has 8 heteroatoms. The molecule has 1 aliphatic heterocycles. The molecule has 0 aliphatic carbocycles. The highest BCUT2D eigenvalue weighted by Gasteiger charge is 2.29. The summed E-state index contributed by atoms with van der Waals surface area (Å²) in [6.45, 7) is 1.96. The van der Waals surface area contributed by atoms with Crippen molar-refractivity contribution in [2.75, 3.05) is 18.4 Å². The van der Waals surface area contributed by atoms with E-state index in [4.69, 9.17) is 4.98 Å². The van der Waals surface area contributed by atoms with Crippen LogP contribution in [0, 0.1) is 0 Å². The van der Waals surface area contributed by atoms with Crippen LogP contribution in [-0.4, -0.2) is 43.6 Å². The quantitative estimate of drug-likeness (QED) is 0.510. The number of pyridine rings is 2. The Balaban J connectivity index is 1.28. The van der Waals surface area contributed by atoms with E-state index < -0.39 is 0 Å². The summed E-state index contributed by atoms with van der Waals surface area (Å²) in [4.78, 5) is 31.1. The van der Waals surface area contributed by atoms with E-state index in [2.05, 4.69) is 27.6 Å². The van der Waals surface area contributed by atoms with Crippen LogP contribution in [-0.2, 0) is 13.6 Å². The minimum Gasteiger partial charge on any atom is -0.364 e. The molecule has 1 aromatic carbocycles. The first kappa shape index (κ1) is 20.0. The number of anilines is 1. The first-order valence-electron chi connectivity index (χ1n) is 10.7. The fraction of sp³-hybridized carbons (Fsp3) is 0.250. The van der Waals surface area contributed by atoms with Crippen molar-refractivity contribution in [1.29, 1.82) is 0 Å². The number of nitrogens with zero attached hydrogens (tertiary/aromatic N) is 4. The van der Waals surface area contributed by atoms with Gasteiger partial charge in [0.15, 0.2) is 11.5 Å². The molecule has 0 spiro atoms. The van der Waals surface area contributed by atoms with E-state index in [1.54, 1.807) is 19.3 Å². The van der Waals surface area contributed by atoms with E-state index in [9.17, 15) is 9.59 Å². The summed E-state index contributed by atoms with van der Waals surface area (Å²) in [5.74, 6) is 0.888. The fourth-order valence-corrected chi connectivity index (χ4v) is 4.15. The molecule has 162 valence electrons. The SMILES string of the molecule is Cn1cc(C(=O)N2CC[C@H](c3ccc4c(NCc5ccccc5)n[nH]c4n3)C2)ccc1=O. The molecule has 0 bridgehead atoms. The number of carbonyl (C=O) groups is 1. The van der Waals surface area contributed by atoms with Gasteiger partial charge >= 0.3 is 0 Å².